The molecule has 10 rings (SSSR count). The maximum absolute atomic E-state index is 4.95. The fourth-order valence-electron chi connectivity index (χ4n) is 7.13. The minimum atomic E-state index is 0.645. The Balaban J connectivity index is 1.14. The molecule has 0 fully saturated rings. The van der Waals surface area contributed by atoms with Crippen LogP contribution in [0.15, 0.2) is 170 Å². The van der Waals surface area contributed by atoms with Gasteiger partial charge < -0.3 is 4.57 Å². The molecule has 0 saturated carbocycles. The summed E-state index contributed by atoms with van der Waals surface area (Å²) in [6.07, 6.45) is 0. The first kappa shape index (κ1) is 28.6. The number of rotatable bonds is 5. The fourth-order valence-corrected chi connectivity index (χ4v) is 8.37. The van der Waals surface area contributed by atoms with E-state index in [-0.39, 0.29) is 0 Å². The van der Waals surface area contributed by atoms with E-state index in [4.69, 9.17) is 15.0 Å². The molecule has 0 amide bonds. The second kappa shape index (κ2) is 11.6. The molecule has 0 saturated heterocycles. The van der Waals surface area contributed by atoms with E-state index in [0.717, 1.165) is 33.5 Å². The molecule has 0 spiro atoms. The van der Waals surface area contributed by atoms with E-state index >= 15 is 0 Å². The maximum atomic E-state index is 4.95. The molecule has 5 heteroatoms. The molecule has 3 aromatic heterocycles. The Hall–Kier alpha value is -6.43. The Labute approximate surface area is 292 Å². The predicted molar refractivity (Wildman–Crippen MR) is 209 cm³/mol. The van der Waals surface area contributed by atoms with Crippen LogP contribution in [0, 0.1) is 0 Å². The quantitative estimate of drug-likeness (QED) is 0.185. The molecule has 0 aliphatic rings. The summed E-state index contributed by atoms with van der Waals surface area (Å²) in [6.45, 7) is 0. The summed E-state index contributed by atoms with van der Waals surface area (Å²) in [6, 6.07) is 59.6. The van der Waals surface area contributed by atoms with Gasteiger partial charge >= 0.3 is 0 Å². The number of aromatic nitrogens is 4. The van der Waals surface area contributed by atoms with Gasteiger partial charge in [-0.25, -0.2) is 15.0 Å². The molecule has 234 valence electrons. The Kier molecular flexibility index (Phi) is 6.64. The lowest BCUT2D eigenvalue weighted by Gasteiger charge is -2.15. The monoisotopic (exact) mass is 656 g/mol. The average molecular weight is 657 g/mol. The lowest BCUT2D eigenvalue weighted by Crippen LogP contribution is -2.00. The largest absolute Gasteiger partial charge is 0.307 e. The van der Waals surface area contributed by atoms with Gasteiger partial charge in [0, 0.05) is 48.5 Å². The molecular weight excluding hydrogens is 629 g/mol. The van der Waals surface area contributed by atoms with Gasteiger partial charge in [-0.3, -0.25) is 0 Å². The second-order valence-electron chi connectivity index (χ2n) is 12.4. The van der Waals surface area contributed by atoms with Gasteiger partial charge in [-0.15, -0.1) is 11.3 Å². The molecule has 0 radical (unpaired) electrons. The minimum absolute atomic E-state index is 0.645. The molecule has 7 aromatic carbocycles. The van der Waals surface area contributed by atoms with Gasteiger partial charge in [0.15, 0.2) is 17.5 Å². The topological polar surface area (TPSA) is 43.6 Å². The lowest BCUT2D eigenvalue weighted by atomic mass is 10.0. The van der Waals surface area contributed by atoms with Crippen molar-refractivity contribution >= 4 is 53.3 Å². The zero-order chi connectivity index (χ0) is 33.0. The summed E-state index contributed by atoms with van der Waals surface area (Å²) < 4.78 is 5.08. The van der Waals surface area contributed by atoms with Crippen molar-refractivity contribution in [2.75, 3.05) is 0 Å². The summed E-state index contributed by atoms with van der Waals surface area (Å²) in [5.41, 5.74) is 8.73. The lowest BCUT2D eigenvalue weighted by molar-refractivity contribution is 1.07. The average Bonchev–Trinajstić information content (AvgIpc) is 3.75. The van der Waals surface area contributed by atoms with Crippen LogP contribution in [0.2, 0.25) is 0 Å². The summed E-state index contributed by atoms with van der Waals surface area (Å²) >= 11 is 1.88. The Morgan fingerprint density at radius 3 is 1.60 bits per heavy atom. The number of benzene rings is 7. The van der Waals surface area contributed by atoms with Gasteiger partial charge in [0.05, 0.1) is 21.4 Å². The van der Waals surface area contributed by atoms with Gasteiger partial charge in [0.25, 0.3) is 0 Å². The number of thiophene rings is 1. The molecule has 0 aliphatic heterocycles. The molecule has 0 atom stereocenters. The Morgan fingerprint density at radius 1 is 0.380 bits per heavy atom. The van der Waals surface area contributed by atoms with E-state index in [1.807, 2.05) is 72.0 Å². The van der Waals surface area contributed by atoms with Gasteiger partial charge in [0.1, 0.15) is 0 Å². The molecular formula is C45H28N4S. The fraction of sp³-hybridized carbons (Fsp3) is 0. The molecule has 4 nitrogen and oxygen atoms in total. The Bertz CT molecular complexity index is 2800. The summed E-state index contributed by atoms with van der Waals surface area (Å²) in [5.74, 6) is 1.96. The van der Waals surface area contributed by atoms with Crippen molar-refractivity contribution in [3.05, 3.63) is 170 Å². The van der Waals surface area contributed by atoms with Crippen LogP contribution in [0.3, 0.4) is 0 Å². The molecule has 0 N–H and O–H groups in total. The highest BCUT2D eigenvalue weighted by Gasteiger charge is 2.20. The van der Waals surface area contributed by atoms with Crippen molar-refractivity contribution in [1.82, 2.24) is 19.5 Å². The van der Waals surface area contributed by atoms with E-state index in [1.54, 1.807) is 0 Å². The summed E-state index contributed by atoms with van der Waals surface area (Å²) in [5, 5.41) is 5.12. The first-order chi connectivity index (χ1) is 24.8. The van der Waals surface area contributed by atoms with Crippen LogP contribution in [0.1, 0.15) is 0 Å². The van der Waals surface area contributed by atoms with Crippen LogP contribution in [0.5, 0.6) is 0 Å². The van der Waals surface area contributed by atoms with Crippen LogP contribution < -0.4 is 0 Å². The Morgan fingerprint density at radius 2 is 0.900 bits per heavy atom. The number of para-hydroxylation sites is 2. The van der Waals surface area contributed by atoms with Crippen LogP contribution in [0.25, 0.3) is 93.0 Å². The highest BCUT2D eigenvalue weighted by Crippen LogP contribution is 2.44. The molecule has 50 heavy (non-hydrogen) atoms. The van der Waals surface area contributed by atoms with Crippen molar-refractivity contribution in [2.24, 2.45) is 0 Å². The van der Waals surface area contributed by atoms with E-state index in [2.05, 4.69) is 114 Å². The van der Waals surface area contributed by atoms with Crippen molar-refractivity contribution in [2.45, 2.75) is 0 Å². The standard InChI is InChI=1S/C45H28N4S/c1-3-13-30(14-4-1)43-46-44(31-15-5-2-6-16-31)48-45(47-43)32-25-23-29(24-26-32)33-17-7-10-20-38(33)49-39-21-11-8-18-34(39)36-27-28-37-35-19-9-12-22-40(35)50-42(37)41(36)49/h1-28H. The number of hydrogen-bond donors (Lipinski definition) is 0. The van der Waals surface area contributed by atoms with Gasteiger partial charge in [-0.2, -0.15) is 0 Å². The SMILES string of the molecule is c1ccc(-c2nc(-c3ccccc3)nc(-c3ccc(-c4ccccc4-n4c5ccccc5c5ccc6c7ccccc7sc6c54)cc3)n2)cc1. The number of hydrogen-bond acceptors (Lipinski definition) is 4. The van der Waals surface area contributed by atoms with Crippen LogP contribution >= 0.6 is 11.3 Å². The molecule has 0 aliphatic carbocycles. The molecule has 0 bridgehead atoms. The van der Waals surface area contributed by atoms with Crippen molar-refractivity contribution in [3.63, 3.8) is 0 Å². The van der Waals surface area contributed by atoms with E-state index in [1.165, 1.54) is 42.0 Å². The third-order valence-corrected chi connectivity index (χ3v) is 10.7. The van der Waals surface area contributed by atoms with Crippen LogP contribution in [-0.4, -0.2) is 19.5 Å². The normalized spacial score (nSPS) is 11.6. The highest BCUT2D eigenvalue weighted by molar-refractivity contribution is 7.26. The van der Waals surface area contributed by atoms with Gasteiger partial charge in [-0.1, -0.05) is 152 Å². The maximum Gasteiger partial charge on any atom is 0.164 e. The van der Waals surface area contributed by atoms with Crippen LogP contribution in [-0.2, 0) is 0 Å². The third kappa shape index (κ3) is 4.63. The second-order valence-corrected chi connectivity index (χ2v) is 13.5. The zero-order valence-electron chi connectivity index (χ0n) is 26.9. The molecule has 3 heterocycles. The summed E-state index contributed by atoms with van der Waals surface area (Å²) in [4.78, 5) is 14.8. The van der Waals surface area contributed by atoms with E-state index in [0.29, 0.717) is 17.5 Å². The summed E-state index contributed by atoms with van der Waals surface area (Å²) in [7, 11) is 0. The zero-order valence-corrected chi connectivity index (χ0v) is 27.7. The third-order valence-electron chi connectivity index (χ3n) is 9.48. The van der Waals surface area contributed by atoms with Gasteiger partial charge in [-0.05, 0) is 23.8 Å². The minimum Gasteiger partial charge on any atom is -0.307 e. The smallest absolute Gasteiger partial charge is 0.164 e. The first-order valence-corrected chi connectivity index (χ1v) is 17.5. The van der Waals surface area contributed by atoms with E-state index in [9.17, 15) is 0 Å². The highest BCUT2D eigenvalue weighted by atomic mass is 32.1. The van der Waals surface area contributed by atoms with Crippen molar-refractivity contribution in [1.29, 1.82) is 0 Å². The van der Waals surface area contributed by atoms with Crippen molar-refractivity contribution in [3.8, 4) is 51.0 Å². The molecule has 10 aromatic rings. The van der Waals surface area contributed by atoms with Crippen molar-refractivity contribution < 1.29 is 0 Å². The van der Waals surface area contributed by atoms with Crippen LogP contribution in [0.4, 0.5) is 0 Å². The first-order valence-electron chi connectivity index (χ1n) is 16.7. The van der Waals surface area contributed by atoms with E-state index < -0.39 is 0 Å². The van der Waals surface area contributed by atoms with Gasteiger partial charge in [0.2, 0.25) is 0 Å². The number of fused-ring (bicyclic) bond motifs is 7. The number of nitrogens with zero attached hydrogens (tertiary/aromatic N) is 4. The predicted octanol–water partition coefficient (Wildman–Crippen LogP) is 12.0. The molecule has 0 unspecified atom stereocenters.